The minimum Gasteiger partial charge on any atom is -0.383 e. The van der Waals surface area contributed by atoms with E-state index >= 15 is 0 Å². The third kappa shape index (κ3) is 5.01. The van der Waals surface area contributed by atoms with Crippen LogP contribution in [-0.2, 0) is 0 Å². The Bertz CT molecular complexity index is 409. The van der Waals surface area contributed by atoms with Crippen LogP contribution in [0.2, 0.25) is 0 Å². The maximum absolute atomic E-state index is 11.9. The van der Waals surface area contributed by atoms with Crippen LogP contribution in [0.15, 0.2) is 16.7 Å². The number of carbonyl (C=O) groups excluding carboxylic acids is 1. The zero-order chi connectivity index (χ0) is 13.5. The highest BCUT2D eigenvalue weighted by Gasteiger charge is 2.10. The summed E-state index contributed by atoms with van der Waals surface area (Å²) in [5.74, 6) is 0.0788. The molecular weight excluding hydrogens is 296 g/mol. The molecule has 1 heterocycles. The maximum atomic E-state index is 11.9. The fourth-order valence-electron chi connectivity index (χ4n) is 1.48. The van der Waals surface area contributed by atoms with Crippen LogP contribution in [0.3, 0.4) is 0 Å². The number of nitrogens with zero attached hydrogens (tertiary/aromatic N) is 2. The fourth-order valence-corrected chi connectivity index (χ4v) is 1.81. The van der Waals surface area contributed by atoms with Gasteiger partial charge in [0.1, 0.15) is 5.82 Å². The van der Waals surface area contributed by atoms with Gasteiger partial charge < -0.3 is 16.0 Å². The van der Waals surface area contributed by atoms with Crippen molar-refractivity contribution in [1.29, 1.82) is 0 Å². The number of halogens is 1. The third-order valence-corrected chi connectivity index (χ3v) is 2.88. The molecule has 1 rings (SSSR count). The lowest BCUT2D eigenvalue weighted by atomic mass is 10.2. The lowest BCUT2D eigenvalue weighted by Gasteiger charge is -2.10. The Kier molecular flexibility index (Phi) is 6.07. The van der Waals surface area contributed by atoms with Gasteiger partial charge in [-0.05, 0) is 55.5 Å². The van der Waals surface area contributed by atoms with Gasteiger partial charge in [0.25, 0.3) is 5.91 Å². The minimum absolute atomic E-state index is 0.175. The van der Waals surface area contributed by atoms with E-state index in [1.54, 1.807) is 12.3 Å². The summed E-state index contributed by atoms with van der Waals surface area (Å²) in [6.07, 6.45) is 3.58. The summed E-state index contributed by atoms with van der Waals surface area (Å²) in [6, 6.07) is 1.68. The molecule has 3 N–H and O–H groups in total. The topological polar surface area (TPSA) is 71.2 Å². The smallest absolute Gasteiger partial charge is 0.255 e. The Morgan fingerprint density at radius 1 is 1.50 bits per heavy atom. The predicted octanol–water partition coefficient (Wildman–Crippen LogP) is 1.50. The molecule has 18 heavy (non-hydrogen) atoms. The highest BCUT2D eigenvalue weighted by atomic mass is 79.9. The minimum atomic E-state index is -0.175. The van der Waals surface area contributed by atoms with E-state index in [4.69, 9.17) is 5.73 Å². The first kappa shape index (κ1) is 14.9. The SMILES string of the molecule is CN(C)CCCCNC(=O)c1cc(Br)cnc1N. The van der Waals surface area contributed by atoms with Gasteiger partial charge >= 0.3 is 0 Å². The second kappa shape index (κ2) is 7.33. The van der Waals surface area contributed by atoms with Gasteiger partial charge in [-0.25, -0.2) is 4.98 Å². The first-order chi connectivity index (χ1) is 8.50. The summed E-state index contributed by atoms with van der Waals surface area (Å²) in [5, 5.41) is 2.84. The van der Waals surface area contributed by atoms with Gasteiger partial charge in [-0.15, -0.1) is 0 Å². The number of anilines is 1. The first-order valence-electron chi connectivity index (χ1n) is 5.84. The number of rotatable bonds is 6. The Hall–Kier alpha value is -1.14. The van der Waals surface area contributed by atoms with Gasteiger partial charge in [-0.2, -0.15) is 0 Å². The summed E-state index contributed by atoms with van der Waals surface area (Å²) in [4.78, 5) is 17.9. The molecule has 0 fully saturated rings. The number of nitrogens with one attached hydrogen (secondary N) is 1. The second-order valence-electron chi connectivity index (χ2n) is 4.35. The van der Waals surface area contributed by atoms with E-state index in [1.165, 1.54) is 0 Å². The van der Waals surface area contributed by atoms with Crippen LogP contribution in [0.4, 0.5) is 5.82 Å². The molecule has 6 heteroatoms. The van der Waals surface area contributed by atoms with Crippen LogP contribution in [0.5, 0.6) is 0 Å². The number of amides is 1. The molecule has 0 aromatic carbocycles. The van der Waals surface area contributed by atoms with Crippen molar-refractivity contribution in [3.8, 4) is 0 Å². The summed E-state index contributed by atoms with van der Waals surface area (Å²) in [5.41, 5.74) is 6.07. The third-order valence-electron chi connectivity index (χ3n) is 2.45. The maximum Gasteiger partial charge on any atom is 0.255 e. The quantitative estimate of drug-likeness (QED) is 0.781. The van der Waals surface area contributed by atoms with Crippen LogP contribution in [0.25, 0.3) is 0 Å². The van der Waals surface area contributed by atoms with Crippen molar-refractivity contribution in [3.05, 3.63) is 22.3 Å². The Morgan fingerprint density at radius 3 is 2.89 bits per heavy atom. The molecule has 100 valence electrons. The largest absolute Gasteiger partial charge is 0.383 e. The van der Waals surface area contributed by atoms with Crippen LogP contribution in [0.1, 0.15) is 23.2 Å². The predicted molar refractivity (Wildman–Crippen MR) is 76.5 cm³/mol. The zero-order valence-corrected chi connectivity index (χ0v) is 12.3. The number of pyridine rings is 1. The van der Waals surface area contributed by atoms with Crippen LogP contribution < -0.4 is 11.1 Å². The van der Waals surface area contributed by atoms with E-state index in [1.807, 2.05) is 14.1 Å². The van der Waals surface area contributed by atoms with Gasteiger partial charge in [0.05, 0.1) is 5.56 Å². The Labute approximate surface area is 116 Å². The standard InChI is InChI=1S/C12H19BrN4O/c1-17(2)6-4-3-5-15-12(18)10-7-9(13)8-16-11(10)14/h7-8H,3-6H2,1-2H3,(H2,14,16)(H,15,18). The lowest BCUT2D eigenvalue weighted by molar-refractivity contribution is 0.0953. The average molecular weight is 315 g/mol. The zero-order valence-electron chi connectivity index (χ0n) is 10.7. The Balaban J connectivity index is 2.39. The molecule has 0 bridgehead atoms. The van der Waals surface area contributed by atoms with Crippen molar-refractivity contribution in [3.63, 3.8) is 0 Å². The van der Waals surface area contributed by atoms with E-state index in [0.717, 1.165) is 23.9 Å². The monoisotopic (exact) mass is 314 g/mol. The van der Waals surface area contributed by atoms with Gasteiger partial charge in [0, 0.05) is 17.2 Å². The number of carbonyl (C=O) groups is 1. The molecule has 0 saturated heterocycles. The van der Waals surface area contributed by atoms with Crippen LogP contribution in [0, 0.1) is 0 Å². The van der Waals surface area contributed by atoms with E-state index in [-0.39, 0.29) is 11.7 Å². The van der Waals surface area contributed by atoms with Crippen molar-refractivity contribution in [2.75, 3.05) is 32.9 Å². The number of hydrogen-bond acceptors (Lipinski definition) is 4. The summed E-state index contributed by atoms with van der Waals surface area (Å²) in [7, 11) is 4.07. The van der Waals surface area contributed by atoms with Gasteiger partial charge in [0.2, 0.25) is 0 Å². The van der Waals surface area contributed by atoms with Gasteiger partial charge in [0.15, 0.2) is 0 Å². The van der Waals surface area contributed by atoms with Crippen molar-refractivity contribution < 1.29 is 4.79 Å². The number of nitrogens with two attached hydrogens (primary N) is 1. The molecule has 0 unspecified atom stereocenters. The molecule has 0 spiro atoms. The van der Waals surface area contributed by atoms with Crippen molar-refractivity contribution in [2.45, 2.75) is 12.8 Å². The van der Waals surface area contributed by atoms with Crippen molar-refractivity contribution in [2.24, 2.45) is 0 Å². The summed E-state index contributed by atoms with van der Waals surface area (Å²) >= 11 is 3.27. The number of aromatic nitrogens is 1. The number of hydrogen-bond donors (Lipinski definition) is 2. The van der Waals surface area contributed by atoms with Crippen LogP contribution in [-0.4, -0.2) is 43.0 Å². The molecule has 0 aliphatic heterocycles. The van der Waals surface area contributed by atoms with Crippen LogP contribution >= 0.6 is 15.9 Å². The molecule has 0 radical (unpaired) electrons. The first-order valence-corrected chi connectivity index (χ1v) is 6.64. The Morgan fingerprint density at radius 2 is 2.22 bits per heavy atom. The molecule has 0 aliphatic carbocycles. The number of unbranched alkanes of at least 4 members (excludes halogenated alkanes) is 1. The highest BCUT2D eigenvalue weighted by molar-refractivity contribution is 9.10. The fraction of sp³-hybridized carbons (Fsp3) is 0.500. The van der Waals surface area contributed by atoms with E-state index in [9.17, 15) is 4.79 Å². The van der Waals surface area contributed by atoms with E-state index in [0.29, 0.717) is 12.1 Å². The van der Waals surface area contributed by atoms with Crippen molar-refractivity contribution >= 4 is 27.7 Å². The van der Waals surface area contributed by atoms with Crippen molar-refractivity contribution in [1.82, 2.24) is 15.2 Å². The number of nitrogen functional groups attached to an aromatic ring is 1. The molecule has 1 aromatic rings. The average Bonchev–Trinajstić information content (AvgIpc) is 2.31. The molecule has 1 amide bonds. The highest BCUT2D eigenvalue weighted by Crippen LogP contribution is 2.15. The van der Waals surface area contributed by atoms with Gasteiger partial charge in [-0.1, -0.05) is 0 Å². The normalized spacial score (nSPS) is 10.7. The van der Waals surface area contributed by atoms with Gasteiger partial charge in [-0.3, -0.25) is 4.79 Å². The second-order valence-corrected chi connectivity index (χ2v) is 5.27. The molecule has 5 nitrogen and oxygen atoms in total. The van der Waals surface area contributed by atoms with E-state index < -0.39 is 0 Å². The molecule has 0 aliphatic rings. The molecule has 1 aromatic heterocycles. The summed E-state index contributed by atoms with van der Waals surface area (Å²) in [6.45, 7) is 1.68. The lowest BCUT2D eigenvalue weighted by Crippen LogP contribution is -2.26. The molecule has 0 atom stereocenters. The molecular formula is C12H19BrN4O. The molecule has 0 saturated carbocycles. The van der Waals surface area contributed by atoms with E-state index in [2.05, 4.69) is 31.1 Å². The summed E-state index contributed by atoms with van der Waals surface area (Å²) < 4.78 is 0.745.